The number of likely N-dealkylation sites (tertiary alicyclic amines) is 1. The number of hydrogen-bond donors (Lipinski definition) is 0. The van der Waals surface area contributed by atoms with Crippen LogP contribution in [0, 0.1) is 5.92 Å². The van der Waals surface area contributed by atoms with Crippen LogP contribution in [0.15, 0.2) is 24.3 Å². The molecule has 1 aromatic rings. The molecule has 0 radical (unpaired) electrons. The van der Waals surface area contributed by atoms with E-state index < -0.39 is 15.9 Å². The Balaban J connectivity index is 1.77. The molecule has 6 nitrogen and oxygen atoms in total. The highest BCUT2D eigenvalue weighted by atomic mass is 32.2. The predicted octanol–water partition coefficient (Wildman–Crippen LogP) is 1.63. The molecule has 124 valence electrons. The Morgan fingerprint density at radius 2 is 1.74 bits per heavy atom. The average Bonchev–Trinajstić information content (AvgIpc) is 2.81. The van der Waals surface area contributed by atoms with Gasteiger partial charge in [0.15, 0.2) is 0 Å². The summed E-state index contributed by atoms with van der Waals surface area (Å²) in [5, 5.41) is 0. The van der Waals surface area contributed by atoms with Crippen molar-refractivity contribution in [3.8, 4) is 0 Å². The van der Waals surface area contributed by atoms with Gasteiger partial charge in [0.25, 0.3) is 5.91 Å². The maximum atomic E-state index is 12.5. The molecule has 0 spiro atoms. The van der Waals surface area contributed by atoms with Crippen molar-refractivity contribution >= 4 is 27.5 Å². The van der Waals surface area contributed by atoms with Crippen LogP contribution < -0.4 is 4.31 Å². The Morgan fingerprint density at radius 1 is 1.13 bits per heavy atom. The summed E-state index contributed by atoms with van der Waals surface area (Å²) in [6.45, 7) is 3.69. The summed E-state index contributed by atoms with van der Waals surface area (Å²) >= 11 is 0. The van der Waals surface area contributed by atoms with Crippen LogP contribution in [0.5, 0.6) is 0 Å². The standard InChI is InChI=1S/C16H20N2O4S/c1-12-6-9-17(10-7-12)16(20)13-2-4-14(5-3-13)18-15(19)8-11-23(18,21)22/h2-5,12H,6-11H2,1H3. The first kappa shape index (κ1) is 16.0. The van der Waals surface area contributed by atoms with Gasteiger partial charge >= 0.3 is 0 Å². The molecule has 0 atom stereocenters. The number of rotatable bonds is 2. The van der Waals surface area contributed by atoms with Crippen LogP contribution in [0.2, 0.25) is 0 Å². The zero-order valence-electron chi connectivity index (χ0n) is 13.1. The minimum absolute atomic E-state index is 0.00891. The van der Waals surface area contributed by atoms with Crippen LogP contribution in [0.1, 0.15) is 36.5 Å². The van der Waals surface area contributed by atoms with Crippen LogP contribution in [-0.4, -0.2) is 44.0 Å². The third-order valence-electron chi connectivity index (χ3n) is 4.50. The molecule has 2 amide bonds. The maximum Gasteiger partial charge on any atom is 0.253 e. The first-order valence-electron chi connectivity index (χ1n) is 7.83. The molecule has 2 fully saturated rings. The second-order valence-corrected chi connectivity index (χ2v) is 8.18. The zero-order valence-corrected chi connectivity index (χ0v) is 13.9. The van der Waals surface area contributed by atoms with Crippen molar-refractivity contribution in [3.63, 3.8) is 0 Å². The van der Waals surface area contributed by atoms with E-state index in [0.717, 1.165) is 30.2 Å². The van der Waals surface area contributed by atoms with E-state index >= 15 is 0 Å². The first-order valence-corrected chi connectivity index (χ1v) is 9.44. The van der Waals surface area contributed by atoms with E-state index in [-0.39, 0.29) is 18.1 Å². The number of carbonyl (C=O) groups is 2. The Labute approximate surface area is 136 Å². The Hall–Kier alpha value is -1.89. The van der Waals surface area contributed by atoms with E-state index in [9.17, 15) is 18.0 Å². The number of amides is 2. The fourth-order valence-corrected chi connectivity index (χ4v) is 4.46. The number of carbonyl (C=O) groups excluding carboxylic acids is 2. The second kappa shape index (κ2) is 5.96. The van der Waals surface area contributed by atoms with Gasteiger partial charge in [-0.15, -0.1) is 0 Å². The molecule has 0 N–H and O–H groups in total. The number of nitrogens with zero attached hydrogens (tertiary/aromatic N) is 2. The molecule has 2 heterocycles. The number of benzene rings is 1. The molecule has 23 heavy (non-hydrogen) atoms. The fourth-order valence-electron chi connectivity index (χ4n) is 3.00. The van der Waals surface area contributed by atoms with Crippen molar-refractivity contribution in [2.24, 2.45) is 5.92 Å². The molecule has 0 aliphatic carbocycles. The Kier molecular flexibility index (Phi) is 4.14. The molecule has 7 heteroatoms. The van der Waals surface area contributed by atoms with Gasteiger partial charge in [0.2, 0.25) is 15.9 Å². The summed E-state index contributed by atoms with van der Waals surface area (Å²) in [5.74, 6) is 0.0272. The lowest BCUT2D eigenvalue weighted by molar-refractivity contribution is -0.116. The number of anilines is 1. The van der Waals surface area contributed by atoms with Gasteiger partial charge in [-0.1, -0.05) is 6.92 Å². The summed E-state index contributed by atoms with van der Waals surface area (Å²) in [5.41, 5.74) is 0.823. The fraction of sp³-hybridized carbons (Fsp3) is 0.500. The molecular formula is C16H20N2O4S. The van der Waals surface area contributed by atoms with Gasteiger partial charge < -0.3 is 4.90 Å². The molecule has 0 bridgehead atoms. The molecule has 2 aliphatic heterocycles. The lowest BCUT2D eigenvalue weighted by Gasteiger charge is -2.30. The van der Waals surface area contributed by atoms with Crippen LogP contribution in [0.4, 0.5) is 5.69 Å². The number of piperidine rings is 1. The molecule has 2 saturated heterocycles. The Morgan fingerprint density at radius 3 is 2.26 bits per heavy atom. The van der Waals surface area contributed by atoms with E-state index in [4.69, 9.17) is 0 Å². The van der Waals surface area contributed by atoms with E-state index in [2.05, 4.69) is 6.92 Å². The van der Waals surface area contributed by atoms with Crippen molar-refractivity contribution in [2.45, 2.75) is 26.2 Å². The van der Waals surface area contributed by atoms with Crippen molar-refractivity contribution in [2.75, 3.05) is 23.1 Å². The van der Waals surface area contributed by atoms with Crippen molar-refractivity contribution < 1.29 is 18.0 Å². The van der Waals surface area contributed by atoms with E-state index in [1.807, 2.05) is 4.90 Å². The Bertz CT molecular complexity index is 719. The smallest absolute Gasteiger partial charge is 0.253 e. The highest BCUT2D eigenvalue weighted by Gasteiger charge is 2.36. The van der Waals surface area contributed by atoms with Crippen LogP contribution in [0.3, 0.4) is 0 Å². The third kappa shape index (κ3) is 3.10. The summed E-state index contributed by atoms with van der Waals surface area (Å²) in [7, 11) is -3.56. The largest absolute Gasteiger partial charge is 0.339 e. The molecule has 1 aromatic carbocycles. The normalized spacial score (nSPS) is 21.7. The lowest BCUT2D eigenvalue weighted by Crippen LogP contribution is -2.37. The topological polar surface area (TPSA) is 74.8 Å². The lowest BCUT2D eigenvalue weighted by atomic mass is 9.98. The van der Waals surface area contributed by atoms with Crippen molar-refractivity contribution in [1.29, 1.82) is 0 Å². The predicted molar refractivity (Wildman–Crippen MR) is 86.6 cm³/mol. The number of sulfonamides is 1. The van der Waals surface area contributed by atoms with Gasteiger partial charge in [-0.3, -0.25) is 9.59 Å². The average molecular weight is 336 g/mol. The van der Waals surface area contributed by atoms with Crippen LogP contribution in [-0.2, 0) is 14.8 Å². The second-order valence-electron chi connectivity index (χ2n) is 6.25. The van der Waals surface area contributed by atoms with Gasteiger partial charge in [0.1, 0.15) is 0 Å². The summed E-state index contributed by atoms with van der Waals surface area (Å²) in [4.78, 5) is 26.0. The number of hydrogen-bond acceptors (Lipinski definition) is 4. The van der Waals surface area contributed by atoms with Gasteiger partial charge in [-0.05, 0) is 43.0 Å². The van der Waals surface area contributed by atoms with Crippen LogP contribution in [0.25, 0.3) is 0 Å². The van der Waals surface area contributed by atoms with Gasteiger partial charge in [-0.2, -0.15) is 0 Å². The first-order chi connectivity index (χ1) is 10.9. The minimum Gasteiger partial charge on any atom is -0.339 e. The monoisotopic (exact) mass is 336 g/mol. The SMILES string of the molecule is CC1CCN(C(=O)c2ccc(N3C(=O)CCS3(=O)=O)cc2)CC1. The summed E-state index contributed by atoms with van der Waals surface area (Å²) < 4.78 is 24.6. The molecule has 0 saturated carbocycles. The summed E-state index contributed by atoms with van der Waals surface area (Å²) in [6, 6.07) is 6.24. The van der Waals surface area contributed by atoms with Gasteiger partial charge in [-0.25, -0.2) is 12.7 Å². The van der Waals surface area contributed by atoms with E-state index in [1.165, 1.54) is 12.1 Å². The van der Waals surface area contributed by atoms with Gasteiger partial charge in [0, 0.05) is 25.1 Å². The highest BCUT2D eigenvalue weighted by Crippen LogP contribution is 2.26. The van der Waals surface area contributed by atoms with Crippen LogP contribution >= 0.6 is 0 Å². The minimum atomic E-state index is -3.56. The third-order valence-corrected chi connectivity index (χ3v) is 6.19. The van der Waals surface area contributed by atoms with Crippen molar-refractivity contribution in [1.82, 2.24) is 4.90 Å². The quantitative estimate of drug-likeness (QED) is 0.822. The zero-order chi connectivity index (χ0) is 16.6. The van der Waals surface area contributed by atoms with Crippen molar-refractivity contribution in [3.05, 3.63) is 29.8 Å². The highest BCUT2D eigenvalue weighted by molar-refractivity contribution is 7.94. The molecule has 3 rings (SSSR count). The van der Waals surface area contributed by atoms with E-state index in [0.29, 0.717) is 17.2 Å². The van der Waals surface area contributed by atoms with Gasteiger partial charge in [0.05, 0.1) is 11.4 Å². The summed E-state index contributed by atoms with van der Waals surface area (Å²) in [6.07, 6.45) is 2.02. The molecule has 2 aliphatic rings. The van der Waals surface area contributed by atoms with E-state index in [1.54, 1.807) is 12.1 Å². The maximum absolute atomic E-state index is 12.5. The molecular weight excluding hydrogens is 316 g/mol. The molecule has 0 aromatic heterocycles. The molecule has 0 unspecified atom stereocenters.